The number of aliphatic imine (C=N–C) groups is 1. The molecule has 0 spiro atoms. The third kappa shape index (κ3) is 3.50. The second kappa shape index (κ2) is 7.40. The van der Waals surface area contributed by atoms with Gasteiger partial charge in [0, 0.05) is 24.0 Å². The number of carbonyl (C=O) groups excluding carboxylic acids is 2. The summed E-state index contributed by atoms with van der Waals surface area (Å²) in [5, 5.41) is 2.22. The first-order chi connectivity index (χ1) is 13.8. The zero-order valence-corrected chi connectivity index (χ0v) is 17.6. The normalized spacial score (nSPS) is 28.6. The van der Waals surface area contributed by atoms with Crippen molar-refractivity contribution in [3.05, 3.63) is 48.0 Å². The average molecular weight is 392 g/mol. The minimum absolute atomic E-state index is 0.0674. The third-order valence-corrected chi connectivity index (χ3v) is 6.49. The highest BCUT2D eigenvalue weighted by molar-refractivity contribution is 6.05. The monoisotopic (exact) mass is 391 g/mol. The number of rotatable bonds is 3. The Hall–Kier alpha value is -2.49. The van der Waals surface area contributed by atoms with E-state index in [1.165, 1.54) is 0 Å². The molecule has 0 amide bonds. The lowest BCUT2D eigenvalue weighted by molar-refractivity contribution is -0.147. The molecule has 0 N–H and O–H groups in total. The topological polar surface area (TPSA) is 55.7 Å². The van der Waals surface area contributed by atoms with Crippen molar-refractivity contribution in [3.63, 3.8) is 0 Å². The Kier molecular flexibility index (Phi) is 5.05. The summed E-state index contributed by atoms with van der Waals surface area (Å²) in [6.07, 6.45) is 1.39. The Bertz CT molecular complexity index is 985. The first-order valence-corrected chi connectivity index (χ1v) is 10.5. The van der Waals surface area contributed by atoms with E-state index in [0.717, 1.165) is 28.5 Å². The van der Waals surface area contributed by atoms with E-state index in [-0.39, 0.29) is 35.0 Å². The molecule has 0 unspecified atom stereocenters. The first-order valence-electron chi connectivity index (χ1n) is 10.5. The molecule has 4 heteroatoms. The summed E-state index contributed by atoms with van der Waals surface area (Å²) in [4.78, 5) is 31.3. The lowest BCUT2D eigenvalue weighted by Gasteiger charge is -2.46. The number of hydrogen-bond acceptors (Lipinski definition) is 4. The smallest absolute Gasteiger partial charge is 0.315 e. The highest BCUT2D eigenvalue weighted by Gasteiger charge is 2.52. The molecule has 1 aliphatic heterocycles. The van der Waals surface area contributed by atoms with Crippen LogP contribution in [0.4, 0.5) is 0 Å². The van der Waals surface area contributed by atoms with Crippen molar-refractivity contribution in [3.8, 4) is 0 Å². The van der Waals surface area contributed by atoms with Gasteiger partial charge < -0.3 is 4.74 Å². The fraction of sp³-hybridized carbons (Fsp3) is 0.480. The summed E-state index contributed by atoms with van der Waals surface area (Å²) < 4.78 is 5.44. The van der Waals surface area contributed by atoms with Crippen LogP contribution in [-0.4, -0.2) is 30.1 Å². The number of Topliss-reactive ketones (excluding diaryl/α,β-unsaturated/α-hetero) is 1. The summed E-state index contributed by atoms with van der Waals surface area (Å²) in [6.45, 7) is 8.33. The van der Waals surface area contributed by atoms with Crippen molar-refractivity contribution in [2.45, 2.75) is 52.5 Å². The van der Waals surface area contributed by atoms with E-state index in [0.29, 0.717) is 13.0 Å². The number of nitrogens with zero attached hydrogens (tertiary/aromatic N) is 1. The Balaban J connectivity index is 1.92. The van der Waals surface area contributed by atoms with Gasteiger partial charge in [0.25, 0.3) is 0 Å². The molecule has 2 aromatic rings. The molecule has 4 atom stereocenters. The van der Waals surface area contributed by atoms with Crippen LogP contribution in [0.15, 0.2) is 47.5 Å². The standard InChI is InChI=1S/C25H29NO3/c1-5-29-24(28)21-15(2)26-19-13-25(3,4)14-20(27)23(19)22(21)18-12-8-10-16-9-6-7-11-17(16)18/h6-12,19,21-23H,5,13-14H2,1-4H3/t19-,21+,22-,23+/m1/s1. The van der Waals surface area contributed by atoms with Crippen molar-refractivity contribution in [2.24, 2.45) is 22.2 Å². The maximum atomic E-state index is 13.4. The van der Waals surface area contributed by atoms with Crippen LogP contribution in [0.2, 0.25) is 0 Å². The van der Waals surface area contributed by atoms with Gasteiger partial charge in [-0.1, -0.05) is 56.3 Å². The van der Waals surface area contributed by atoms with E-state index < -0.39 is 5.92 Å². The molecule has 1 fully saturated rings. The number of esters is 1. The van der Waals surface area contributed by atoms with Crippen molar-refractivity contribution >= 4 is 28.2 Å². The van der Waals surface area contributed by atoms with Crippen molar-refractivity contribution in [1.82, 2.24) is 0 Å². The second-order valence-corrected chi connectivity index (χ2v) is 9.20. The molecular weight excluding hydrogens is 362 g/mol. The third-order valence-electron chi connectivity index (χ3n) is 6.49. The first kappa shape index (κ1) is 19.8. The van der Waals surface area contributed by atoms with Gasteiger partial charge >= 0.3 is 5.97 Å². The van der Waals surface area contributed by atoms with Gasteiger partial charge in [-0.05, 0) is 42.0 Å². The van der Waals surface area contributed by atoms with Crippen LogP contribution in [0.5, 0.6) is 0 Å². The maximum absolute atomic E-state index is 13.4. The highest BCUT2D eigenvalue weighted by atomic mass is 16.5. The molecule has 4 nitrogen and oxygen atoms in total. The molecule has 2 aromatic carbocycles. The second-order valence-electron chi connectivity index (χ2n) is 9.20. The molecule has 2 aliphatic rings. The zero-order valence-electron chi connectivity index (χ0n) is 17.6. The number of carbonyl (C=O) groups is 2. The van der Waals surface area contributed by atoms with Gasteiger partial charge in [-0.2, -0.15) is 0 Å². The molecule has 1 aliphatic carbocycles. The van der Waals surface area contributed by atoms with Crippen LogP contribution in [0.3, 0.4) is 0 Å². The molecular formula is C25H29NO3. The lowest BCUT2D eigenvalue weighted by Crippen LogP contribution is -2.50. The van der Waals surface area contributed by atoms with Crippen LogP contribution < -0.4 is 0 Å². The van der Waals surface area contributed by atoms with Gasteiger partial charge in [-0.25, -0.2) is 0 Å². The molecule has 0 saturated heterocycles. The van der Waals surface area contributed by atoms with Gasteiger partial charge in [-0.15, -0.1) is 0 Å². The van der Waals surface area contributed by atoms with Crippen LogP contribution in [0.1, 0.15) is 52.0 Å². The predicted molar refractivity (Wildman–Crippen MR) is 115 cm³/mol. The Morgan fingerprint density at radius 3 is 2.62 bits per heavy atom. The minimum atomic E-state index is -0.521. The number of hydrogen-bond donors (Lipinski definition) is 0. The van der Waals surface area contributed by atoms with Crippen LogP contribution >= 0.6 is 0 Å². The number of ketones is 1. The zero-order chi connectivity index (χ0) is 20.8. The molecule has 1 saturated carbocycles. The Morgan fingerprint density at radius 2 is 1.86 bits per heavy atom. The summed E-state index contributed by atoms with van der Waals surface area (Å²) in [5.41, 5.74) is 1.77. The van der Waals surface area contributed by atoms with E-state index in [2.05, 4.69) is 38.1 Å². The number of ether oxygens (including phenoxy) is 1. The van der Waals surface area contributed by atoms with Crippen LogP contribution in [-0.2, 0) is 14.3 Å². The quantitative estimate of drug-likeness (QED) is 0.696. The van der Waals surface area contributed by atoms with E-state index >= 15 is 0 Å². The fourth-order valence-corrected chi connectivity index (χ4v) is 5.41. The SMILES string of the molecule is CCOC(=O)[C@H]1C(C)=N[C@@H]2CC(C)(C)CC(=O)[C@H]2[C@@H]1c1cccc2ccccc12. The largest absolute Gasteiger partial charge is 0.465 e. The predicted octanol–water partition coefficient (Wildman–Crippen LogP) is 4.95. The molecule has 29 heavy (non-hydrogen) atoms. The molecule has 1 heterocycles. The van der Waals surface area contributed by atoms with Gasteiger partial charge in [0.2, 0.25) is 0 Å². The van der Waals surface area contributed by atoms with E-state index in [1.807, 2.05) is 32.0 Å². The minimum Gasteiger partial charge on any atom is -0.465 e. The van der Waals surface area contributed by atoms with Crippen molar-refractivity contribution < 1.29 is 14.3 Å². The van der Waals surface area contributed by atoms with E-state index in [1.54, 1.807) is 0 Å². The van der Waals surface area contributed by atoms with Crippen LogP contribution in [0, 0.1) is 17.3 Å². The molecule has 0 radical (unpaired) electrons. The molecule has 152 valence electrons. The maximum Gasteiger partial charge on any atom is 0.315 e. The number of fused-ring (bicyclic) bond motifs is 2. The lowest BCUT2D eigenvalue weighted by atomic mass is 9.60. The molecule has 4 rings (SSSR count). The van der Waals surface area contributed by atoms with Crippen LogP contribution in [0.25, 0.3) is 10.8 Å². The fourth-order valence-electron chi connectivity index (χ4n) is 5.41. The average Bonchev–Trinajstić information content (AvgIpc) is 2.65. The van der Waals surface area contributed by atoms with Crippen molar-refractivity contribution in [1.29, 1.82) is 0 Å². The summed E-state index contributed by atoms with van der Waals surface area (Å²) >= 11 is 0. The van der Waals surface area contributed by atoms with Gasteiger partial charge in [0.05, 0.1) is 12.6 Å². The van der Waals surface area contributed by atoms with Gasteiger partial charge in [0.15, 0.2) is 0 Å². The highest BCUT2D eigenvalue weighted by Crippen LogP contribution is 2.50. The Labute approximate surface area is 172 Å². The van der Waals surface area contributed by atoms with E-state index in [9.17, 15) is 9.59 Å². The van der Waals surface area contributed by atoms with E-state index in [4.69, 9.17) is 9.73 Å². The Morgan fingerprint density at radius 1 is 1.14 bits per heavy atom. The molecule has 0 bridgehead atoms. The summed E-state index contributed by atoms with van der Waals surface area (Å²) in [6, 6.07) is 14.3. The summed E-state index contributed by atoms with van der Waals surface area (Å²) in [7, 11) is 0. The summed E-state index contributed by atoms with van der Waals surface area (Å²) in [5.74, 6) is -1.11. The number of benzene rings is 2. The van der Waals surface area contributed by atoms with Gasteiger partial charge in [0.1, 0.15) is 11.7 Å². The molecule has 0 aromatic heterocycles. The van der Waals surface area contributed by atoms with Gasteiger partial charge in [-0.3, -0.25) is 14.6 Å². The van der Waals surface area contributed by atoms with Crippen molar-refractivity contribution in [2.75, 3.05) is 6.61 Å².